The molecule has 1 aliphatic carbocycles. The molecule has 0 amide bonds. The van der Waals surface area contributed by atoms with E-state index in [9.17, 15) is 0 Å². The quantitative estimate of drug-likeness (QED) is 0.154. The van der Waals surface area contributed by atoms with Crippen molar-refractivity contribution in [3.05, 3.63) is 42.1 Å². The Hall–Kier alpha value is -1.94. The molecule has 4 rings (SSSR count). The topological polar surface area (TPSA) is 47.5 Å². The van der Waals surface area contributed by atoms with Gasteiger partial charge in [0, 0.05) is 17.3 Å². The van der Waals surface area contributed by atoms with Crippen molar-refractivity contribution < 1.29 is 9.47 Å². The summed E-state index contributed by atoms with van der Waals surface area (Å²) in [4.78, 5) is 9.52. The van der Waals surface area contributed by atoms with E-state index in [1.165, 1.54) is 96.3 Å². The van der Waals surface area contributed by atoms with Gasteiger partial charge in [-0.3, -0.25) is 0 Å². The third-order valence-corrected chi connectivity index (χ3v) is 8.05. The maximum absolute atomic E-state index is 6.26. The number of benzene rings is 1. The highest BCUT2D eigenvalue weighted by molar-refractivity contribution is 5.55. The van der Waals surface area contributed by atoms with E-state index < -0.39 is 0 Å². The summed E-state index contributed by atoms with van der Waals surface area (Å²) >= 11 is 0. The van der Waals surface area contributed by atoms with Crippen LogP contribution in [0.5, 0.6) is 5.88 Å². The molecular formula is C32H48N2O2. The van der Waals surface area contributed by atoms with Gasteiger partial charge in [0.25, 0.3) is 0 Å². The third-order valence-electron chi connectivity index (χ3n) is 8.05. The number of epoxide rings is 1. The van der Waals surface area contributed by atoms with Crippen LogP contribution in [0.4, 0.5) is 0 Å². The molecule has 2 fully saturated rings. The van der Waals surface area contributed by atoms with E-state index >= 15 is 0 Å². The van der Waals surface area contributed by atoms with E-state index in [1.807, 2.05) is 24.4 Å². The first-order valence-electron chi connectivity index (χ1n) is 15.0. The van der Waals surface area contributed by atoms with Gasteiger partial charge in [0.1, 0.15) is 12.7 Å². The standard InChI is InChI=1S/C32H48N2O2/c1-2-3-4-14-23-29-30(36-29)25-35-32-28(24-33-31(34-32)27-20-12-9-13-21-27)22-11-8-6-5-7-10-17-26-18-15-16-19-26/h9,12-13,20-21,24,26,29-30H,2-8,10-11,14-19,22-23,25H2,1H3. The van der Waals surface area contributed by atoms with E-state index in [0.717, 1.165) is 41.6 Å². The molecule has 36 heavy (non-hydrogen) atoms. The van der Waals surface area contributed by atoms with Crippen molar-refractivity contribution in [2.45, 2.75) is 128 Å². The van der Waals surface area contributed by atoms with E-state index in [2.05, 4.69) is 24.0 Å². The van der Waals surface area contributed by atoms with E-state index in [1.54, 1.807) is 0 Å². The van der Waals surface area contributed by atoms with Crippen LogP contribution in [0.15, 0.2) is 36.5 Å². The fraction of sp³-hybridized carbons (Fsp3) is 0.688. The summed E-state index contributed by atoms with van der Waals surface area (Å²) in [5, 5.41) is 0. The van der Waals surface area contributed by atoms with Gasteiger partial charge < -0.3 is 9.47 Å². The molecule has 4 nitrogen and oxygen atoms in total. The van der Waals surface area contributed by atoms with Gasteiger partial charge in [-0.2, -0.15) is 4.98 Å². The van der Waals surface area contributed by atoms with Crippen molar-refractivity contribution in [3.63, 3.8) is 0 Å². The fourth-order valence-electron chi connectivity index (χ4n) is 5.68. The van der Waals surface area contributed by atoms with E-state index in [4.69, 9.17) is 14.5 Å². The van der Waals surface area contributed by atoms with Crippen molar-refractivity contribution in [3.8, 4) is 17.3 Å². The number of unbranched alkanes of at least 4 members (excludes halogenated alkanes) is 8. The van der Waals surface area contributed by atoms with E-state index in [-0.39, 0.29) is 6.10 Å². The molecule has 1 aliphatic heterocycles. The Balaban J connectivity index is 1.21. The Kier molecular flexibility index (Phi) is 11.6. The maximum atomic E-state index is 6.26. The fourth-order valence-corrected chi connectivity index (χ4v) is 5.68. The molecule has 1 saturated carbocycles. The van der Waals surface area contributed by atoms with Gasteiger partial charge >= 0.3 is 0 Å². The first-order valence-corrected chi connectivity index (χ1v) is 15.0. The monoisotopic (exact) mass is 492 g/mol. The Morgan fingerprint density at radius 1 is 0.833 bits per heavy atom. The molecule has 1 saturated heterocycles. The second kappa shape index (κ2) is 15.3. The summed E-state index contributed by atoms with van der Waals surface area (Å²) in [5.41, 5.74) is 2.17. The SMILES string of the molecule is CCCCCCC1OC1COc1nc(-c2ccccc2)ncc1CCCCCCCCC1CCCC1. The second-order valence-corrected chi connectivity index (χ2v) is 11.1. The zero-order chi connectivity index (χ0) is 24.8. The van der Waals surface area contributed by atoms with Gasteiger partial charge in [-0.05, 0) is 25.2 Å². The molecule has 0 spiro atoms. The summed E-state index contributed by atoms with van der Waals surface area (Å²) < 4.78 is 12.1. The maximum Gasteiger partial charge on any atom is 0.220 e. The number of aryl methyl sites for hydroxylation is 1. The summed E-state index contributed by atoms with van der Waals surface area (Å²) in [6.07, 6.45) is 25.3. The zero-order valence-electron chi connectivity index (χ0n) is 22.6. The van der Waals surface area contributed by atoms with Crippen LogP contribution in [0, 0.1) is 5.92 Å². The van der Waals surface area contributed by atoms with Gasteiger partial charge in [0.15, 0.2) is 5.82 Å². The average Bonchev–Trinajstić information content (AvgIpc) is 3.46. The molecule has 0 bridgehead atoms. The van der Waals surface area contributed by atoms with Crippen LogP contribution in [0.1, 0.15) is 115 Å². The Bertz CT molecular complexity index is 866. The summed E-state index contributed by atoms with van der Waals surface area (Å²) in [7, 11) is 0. The van der Waals surface area contributed by atoms with Crippen molar-refractivity contribution in [1.82, 2.24) is 9.97 Å². The molecule has 1 aromatic carbocycles. The molecule has 2 aliphatic rings. The Morgan fingerprint density at radius 2 is 1.56 bits per heavy atom. The van der Waals surface area contributed by atoms with Crippen LogP contribution in [-0.2, 0) is 11.2 Å². The normalized spacial score (nSPS) is 19.6. The van der Waals surface area contributed by atoms with Crippen molar-refractivity contribution in [1.29, 1.82) is 0 Å². The first kappa shape index (κ1) is 27.1. The lowest BCUT2D eigenvalue weighted by molar-refractivity contribution is 0.250. The summed E-state index contributed by atoms with van der Waals surface area (Å²) in [5.74, 6) is 2.53. The van der Waals surface area contributed by atoms with Crippen LogP contribution in [0.25, 0.3) is 11.4 Å². The minimum atomic E-state index is 0.221. The lowest BCUT2D eigenvalue weighted by atomic mass is 9.99. The molecule has 2 aromatic rings. The molecule has 2 heterocycles. The highest BCUT2D eigenvalue weighted by Crippen LogP contribution is 2.31. The molecule has 0 N–H and O–H groups in total. The van der Waals surface area contributed by atoms with Gasteiger partial charge in [0.2, 0.25) is 5.88 Å². The summed E-state index contributed by atoms with van der Waals surface area (Å²) in [6, 6.07) is 10.2. The first-order chi connectivity index (χ1) is 17.8. The molecule has 2 atom stereocenters. The van der Waals surface area contributed by atoms with E-state index in [0.29, 0.717) is 12.7 Å². The Labute approximate surface area is 219 Å². The van der Waals surface area contributed by atoms with Gasteiger partial charge in [-0.1, -0.05) is 127 Å². The minimum absolute atomic E-state index is 0.221. The largest absolute Gasteiger partial charge is 0.475 e. The van der Waals surface area contributed by atoms with Crippen molar-refractivity contribution in [2.24, 2.45) is 5.92 Å². The molecular weight excluding hydrogens is 444 g/mol. The molecule has 2 unspecified atom stereocenters. The van der Waals surface area contributed by atoms with Crippen LogP contribution in [0.3, 0.4) is 0 Å². The lowest BCUT2D eigenvalue weighted by Gasteiger charge is -2.11. The van der Waals surface area contributed by atoms with Crippen LogP contribution in [0.2, 0.25) is 0 Å². The number of hydrogen-bond donors (Lipinski definition) is 0. The number of hydrogen-bond acceptors (Lipinski definition) is 4. The smallest absolute Gasteiger partial charge is 0.220 e. The predicted molar refractivity (Wildman–Crippen MR) is 148 cm³/mol. The number of aromatic nitrogens is 2. The van der Waals surface area contributed by atoms with Crippen LogP contribution < -0.4 is 4.74 Å². The predicted octanol–water partition coefficient (Wildman–Crippen LogP) is 8.72. The number of ether oxygens (including phenoxy) is 2. The number of rotatable bonds is 18. The Morgan fingerprint density at radius 3 is 2.36 bits per heavy atom. The molecule has 198 valence electrons. The zero-order valence-corrected chi connectivity index (χ0v) is 22.6. The van der Waals surface area contributed by atoms with Crippen molar-refractivity contribution in [2.75, 3.05) is 6.61 Å². The van der Waals surface area contributed by atoms with Crippen LogP contribution in [-0.4, -0.2) is 28.8 Å². The number of nitrogens with zero attached hydrogens (tertiary/aromatic N) is 2. The minimum Gasteiger partial charge on any atom is -0.475 e. The second-order valence-electron chi connectivity index (χ2n) is 11.1. The van der Waals surface area contributed by atoms with Gasteiger partial charge in [-0.25, -0.2) is 4.98 Å². The lowest BCUT2D eigenvalue weighted by Crippen LogP contribution is -2.11. The van der Waals surface area contributed by atoms with Gasteiger partial charge in [-0.15, -0.1) is 0 Å². The average molecular weight is 493 g/mol. The molecule has 0 radical (unpaired) electrons. The highest BCUT2D eigenvalue weighted by atomic mass is 16.6. The molecule has 4 heteroatoms. The summed E-state index contributed by atoms with van der Waals surface area (Å²) in [6.45, 7) is 2.85. The van der Waals surface area contributed by atoms with Gasteiger partial charge in [0.05, 0.1) is 6.10 Å². The van der Waals surface area contributed by atoms with Crippen LogP contribution >= 0.6 is 0 Å². The molecule has 1 aromatic heterocycles. The van der Waals surface area contributed by atoms with Crippen molar-refractivity contribution >= 4 is 0 Å². The highest BCUT2D eigenvalue weighted by Gasteiger charge is 2.38. The third kappa shape index (κ3) is 9.18.